The molecular formula is C32H29N5O2. The SMILES string of the molecule is C=CC(=O)N1CCCC(n2nc(-c3ccc(Oc4ccccc4)cc3)c3c(N)ncc(-c4ccccc4)c32)C1. The van der Waals surface area contributed by atoms with E-state index in [1.807, 2.05) is 83.9 Å². The quantitative estimate of drug-likeness (QED) is 0.261. The molecule has 2 aromatic heterocycles. The highest BCUT2D eigenvalue weighted by Gasteiger charge is 2.29. The van der Waals surface area contributed by atoms with Crippen LogP contribution in [0.1, 0.15) is 18.9 Å². The minimum Gasteiger partial charge on any atom is -0.457 e. The van der Waals surface area contributed by atoms with Crippen molar-refractivity contribution in [1.29, 1.82) is 0 Å². The number of carbonyl (C=O) groups is 1. The predicted molar refractivity (Wildman–Crippen MR) is 154 cm³/mol. The fourth-order valence-corrected chi connectivity index (χ4v) is 5.28. The summed E-state index contributed by atoms with van der Waals surface area (Å²) in [6.07, 6.45) is 4.98. The number of benzene rings is 3. The van der Waals surface area contributed by atoms with Gasteiger partial charge in [0.05, 0.1) is 16.9 Å². The first-order valence-electron chi connectivity index (χ1n) is 13.1. The van der Waals surface area contributed by atoms with E-state index < -0.39 is 0 Å². The van der Waals surface area contributed by atoms with E-state index in [1.54, 1.807) is 0 Å². The van der Waals surface area contributed by atoms with Crippen molar-refractivity contribution >= 4 is 22.6 Å². The molecule has 3 heterocycles. The number of amides is 1. The van der Waals surface area contributed by atoms with Crippen LogP contribution in [0.4, 0.5) is 5.82 Å². The second kappa shape index (κ2) is 10.5. The van der Waals surface area contributed by atoms with Gasteiger partial charge in [-0.3, -0.25) is 9.48 Å². The third-order valence-corrected chi connectivity index (χ3v) is 7.17. The number of para-hydroxylation sites is 1. The molecule has 1 aliphatic heterocycles. The molecule has 1 unspecified atom stereocenters. The average molecular weight is 516 g/mol. The summed E-state index contributed by atoms with van der Waals surface area (Å²) in [4.78, 5) is 18.9. The van der Waals surface area contributed by atoms with Gasteiger partial charge in [0.2, 0.25) is 5.91 Å². The summed E-state index contributed by atoms with van der Waals surface area (Å²) < 4.78 is 8.05. The van der Waals surface area contributed by atoms with Crippen molar-refractivity contribution < 1.29 is 9.53 Å². The first kappa shape index (κ1) is 24.4. The zero-order valence-corrected chi connectivity index (χ0v) is 21.5. The van der Waals surface area contributed by atoms with Gasteiger partial charge in [0.1, 0.15) is 23.0 Å². The summed E-state index contributed by atoms with van der Waals surface area (Å²) in [5, 5.41) is 5.96. The molecule has 0 radical (unpaired) electrons. The Balaban J connectivity index is 1.48. The van der Waals surface area contributed by atoms with Gasteiger partial charge in [-0.15, -0.1) is 0 Å². The van der Waals surface area contributed by atoms with Crippen molar-refractivity contribution in [2.45, 2.75) is 18.9 Å². The number of carbonyl (C=O) groups excluding carboxylic acids is 1. The molecule has 3 aromatic carbocycles. The third-order valence-electron chi connectivity index (χ3n) is 7.17. The van der Waals surface area contributed by atoms with Crippen LogP contribution < -0.4 is 10.5 Å². The Bertz CT molecular complexity index is 1630. The second-order valence-electron chi connectivity index (χ2n) is 9.66. The van der Waals surface area contributed by atoms with Crippen LogP contribution >= 0.6 is 0 Å². The zero-order valence-electron chi connectivity index (χ0n) is 21.5. The standard InChI is InChI=1S/C32H29N5O2/c1-2-28(38)36-19-9-12-24(21-36)37-31-27(22-10-5-3-6-11-22)20-34-32(33)29(31)30(35-37)23-15-17-26(18-16-23)39-25-13-7-4-8-14-25/h2-8,10-11,13-18,20,24H,1,9,12,19,21H2,(H2,33,34). The Morgan fingerprint density at radius 3 is 2.36 bits per heavy atom. The molecule has 2 N–H and O–H groups in total. The minimum atomic E-state index is -0.0603. The molecule has 39 heavy (non-hydrogen) atoms. The minimum absolute atomic E-state index is 0.0103. The van der Waals surface area contributed by atoms with Gasteiger partial charge < -0.3 is 15.4 Å². The van der Waals surface area contributed by atoms with Gasteiger partial charge in [-0.2, -0.15) is 5.10 Å². The van der Waals surface area contributed by atoms with E-state index >= 15 is 0 Å². The number of fused-ring (bicyclic) bond motifs is 1. The number of piperidine rings is 1. The molecule has 1 saturated heterocycles. The van der Waals surface area contributed by atoms with E-state index in [0.29, 0.717) is 18.9 Å². The Kier molecular flexibility index (Phi) is 6.55. The monoisotopic (exact) mass is 515 g/mol. The highest BCUT2D eigenvalue weighted by atomic mass is 16.5. The molecule has 6 rings (SSSR count). The summed E-state index contributed by atoms with van der Waals surface area (Å²) in [6, 6.07) is 27.7. The van der Waals surface area contributed by atoms with E-state index in [2.05, 4.69) is 28.4 Å². The average Bonchev–Trinajstić information content (AvgIpc) is 3.40. The first-order chi connectivity index (χ1) is 19.1. The largest absolute Gasteiger partial charge is 0.457 e. The van der Waals surface area contributed by atoms with Gasteiger partial charge in [0, 0.05) is 30.4 Å². The van der Waals surface area contributed by atoms with Crippen LogP contribution in [-0.2, 0) is 4.79 Å². The van der Waals surface area contributed by atoms with Crippen molar-refractivity contribution in [3.8, 4) is 33.9 Å². The van der Waals surface area contributed by atoms with Gasteiger partial charge in [0.25, 0.3) is 0 Å². The summed E-state index contributed by atoms with van der Waals surface area (Å²) in [5.74, 6) is 1.87. The number of likely N-dealkylation sites (tertiary alicyclic amines) is 1. The van der Waals surface area contributed by atoms with E-state index in [1.165, 1.54) is 6.08 Å². The summed E-state index contributed by atoms with van der Waals surface area (Å²) in [7, 11) is 0. The topological polar surface area (TPSA) is 86.3 Å². The van der Waals surface area contributed by atoms with Crippen molar-refractivity contribution in [3.63, 3.8) is 0 Å². The van der Waals surface area contributed by atoms with Gasteiger partial charge in [0.15, 0.2) is 0 Å². The molecular weight excluding hydrogens is 486 g/mol. The normalized spacial score (nSPS) is 15.3. The predicted octanol–water partition coefficient (Wildman–Crippen LogP) is 6.49. The molecule has 0 saturated carbocycles. The van der Waals surface area contributed by atoms with Crippen molar-refractivity contribution in [2.75, 3.05) is 18.8 Å². The maximum absolute atomic E-state index is 12.5. The number of nitrogen functional groups attached to an aromatic ring is 1. The van der Waals surface area contributed by atoms with Crippen molar-refractivity contribution in [2.24, 2.45) is 0 Å². The number of rotatable bonds is 6. The van der Waals surface area contributed by atoms with Crippen LogP contribution in [0.25, 0.3) is 33.3 Å². The summed E-state index contributed by atoms with van der Waals surface area (Å²) in [6.45, 7) is 4.95. The molecule has 194 valence electrons. The number of hydrogen-bond donors (Lipinski definition) is 1. The lowest BCUT2D eigenvalue weighted by Crippen LogP contribution is -2.40. The molecule has 5 aromatic rings. The van der Waals surface area contributed by atoms with E-state index in [-0.39, 0.29) is 11.9 Å². The Morgan fingerprint density at radius 1 is 0.949 bits per heavy atom. The highest BCUT2D eigenvalue weighted by Crippen LogP contribution is 2.40. The van der Waals surface area contributed by atoms with Gasteiger partial charge >= 0.3 is 0 Å². The number of hydrogen-bond acceptors (Lipinski definition) is 5. The first-order valence-corrected chi connectivity index (χ1v) is 13.1. The number of ether oxygens (including phenoxy) is 1. The molecule has 7 nitrogen and oxygen atoms in total. The van der Waals surface area contributed by atoms with E-state index in [9.17, 15) is 4.79 Å². The highest BCUT2D eigenvalue weighted by molar-refractivity contribution is 6.06. The van der Waals surface area contributed by atoms with E-state index in [0.717, 1.165) is 57.6 Å². The number of nitrogens with zero attached hydrogens (tertiary/aromatic N) is 4. The summed E-state index contributed by atoms with van der Waals surface area (Å²) >= 11 is 0. The van der Waals surface area contributed by atoms with Gasteiger partial charge in [-0.25, -0.2) is 4.98 Å². The number of nitrogens with two attached hydrogens (primary N) is 1. The molecule has 1 aliphatic rings. The third kappa shape index (κ3) is 4.75. The lowest BCUT2D eigenvalue weighted by Gasteiger charge is -2.32. The van der Waals surface area contributed by atoms with Crippen LogP contribution in [-0.4, -0.2) is 38.7 Å². The fourth-order valence-electron chi connectivity index (χ4n) is 5.28. The van der Waals surface area contributed by atoms with Crippen LogP contribution in [0, 0.1) is 0 Å². The molecule has 7 heteroatoms. The van der Waals surface area contributed by atoms with Crippen LogP contribution in [0.15, 0.2) is 104 Å². The maximum Gasteiger partial charge on any atom is 0.246 e. The van der Waals surface area contributed by atoms with Crippen LogP contribution in [0.3, 0.4) is 0 Å². The smallest absolute Gasteiger partial charge is 0.246 e. The Hall–Kier alpha value is -4.91. The van der Waals surface area contributed by atoms with E-state index in [4.69, 9.17) is 15.6 Å². The van der Waals surface area contributed by atoms with Crippen LogP contribution in [0.2, 0.25) is 0 Å². The lowest BCUT2D eigenvalue weighted by atomic mass is 10.0. The molecule has 1 amide bonds. The molecule has 0 bridgehead atoms. The molecule has 0 aliphatic carbocycles. The lowest BCUT2D eigenvalue weighted by molar-refractivity contribution is -0.127. The maximum atomic E-state index is 12.5. The molecule has 1 fully saturated rings. The number of anilines is 1. The Labute approximate surface area is 227 Å². The Morgan fingerprint density at radius 2 is 1.64 bits per heavy atom. The number of pyridine rings is 1. The van der Waals surface area contributed by atoms with Gasteiger partial charge in [-0.05, 0) is 60.9 Å². The molecule has 1 atom stereocenters. The molecule has 0 spiro atoms. The van der Waals surface area contributed by atoms with Crippen LogP contribution in [0.5, 0.6) is 11.5 Å². The zero-order chi connectivity index (χ0) is 26.8. The number of aromatic nitrogens is 3. The van der Waals surface area contributed by atoms with Crippen molar-refractivity contribution in [3.05, 3.63) is 104 Å². The van der Waals surface area contributed by atoms with Crippen molar-refractivity contribution in [1.82, 2.24) is 19.7 Å². The second-order valence-corrected chi connectivity index (χ2v) is 9.66. The summed E-state index contributed by atoms with van der Waals surface area (Å²) in [5.41, 5.74) is 11.1. The fraction of sp³-hybridized carbons (Fsp3) is 0.156. The van der Waals surface area contributed by atoms with Gasteiger partial charge in [-0.1, -0.05) is 55.1 Å².